The van der Waals surface area contributed by atoms with E-state index in [0.717, 1.165) is 11.4 Å². The molecule has 2 aromatic carbocycles. The van der Waals surface area contributed by atoms with Gasteiger partial charge >= 0.3 is 6.03 Å². The SMILES string of the molecule is COc1ccc(Cl)cc1Nc1ccc(NC(=O)Nc2ccccc2)nc1. The number of para-hydroxylation sites is 1. The highest BCUT2D eigenvalue weighted by Gasteiger charge is 2.06. The molecule has 0 fully saturated rings. The number of urea groups is 1. The molecule has 3 aromatic rings. The molecule has 0 bridgehead atoms. The fraction of sp³-hybridized carbons (Fsp3) is 0.0526. The Morgan fingerprint density at radius 3 is 2.50 bits per heavy atom. The lowest BCUT2D eigenvalue weighted by Crippen LogP contribution is -2.19. The molecule has 1 heterocycles. The monoisotopic (exact) mass is 368 g/mol. The fourth-order valence-corrected chi connectivity index (χ4v) is 2.45. The second kappa shape index (κ2) is 8.22. The summed E-state index contributed by atoms with van der Waals surface area (Å²) in [6.07, 6.45) is 1.61. The van der Waals surface area contributed by atoms with Gasteiger partial charge in [-0.05, 0) is 42.5 Å². The molecule has 0 unspecified atom stereocenters. The molecule has 0 aliphatic carbocycles. The lowest BCUT2D eigenvalue weighted by Gasteiger charge is -2.12. The molecule has 0 aliphatic heterocycles. The van der Waals surface area contributed by atoms with Gasteiger partial charge in [-0.1, -0.05) is 29.8 Å². The van der Waals surface area contributed by atoms with E-state index in [9.17, 15) is 4.79 Å². The van der Waals surface area contributed by atoms with Crippen molar-refractivity contribution in [3.05, 3.63) is 71.9 Å². The average Bonchev–Trinajstić information content (AvgIpc) is 2.64. The summed E-state index contributed by atoms with van der Waals surface area (Å²) in [5.41, 5.74) is 2.17. The van der Waals surface area contributed by atoms with Crippen LogP contribution in [-0.2, 0) is 0 Å². The van der Waals surface area contributed by atoms with Gasteiger partial charge in [0.05, 0.1) is 24.7 Å². The Morgan fingerprint density at radius 2 is 1.81 bits per heavy atom. The van der Waals surface area contributed by atoms with Gasteiger partial charge in [0.1, 0.15) is 11.6 Å². The van der Waals surface area contributed by atoms with Gasteiger partial charge in [0.2, 0.25) is 0 Å². The van der Waals surface area contributed by atoms with Crippen LogP contribution in [0, 0.1) is 0 Å². The van der Waals surface area contributed by atoms with Crippen molar-refractivity contribution in [1.82, 2.24) is 4.98 Å². The maximum absolute atomic E-state index is 12.0. The van der Waals surface area contributed by atoms with Gasteiger partial charge in [-0.25, -0.2) is 9.78 Å². The molecule has 2 amide bonds. The molecule has 0 atom stereocenters. The number of benzene rings is 2. The number of hydrogen-bond donors (Lipinski definition) is 3. The molecule has 3 N–H and O–H groups in total. The van der Waals surface area contributed by atoms with Crippen molar-refractivity contribution in [2.75, 3.05) is 23.1 Å². The first-order valence-electron chi connectivity index (χ1n) is 7.84. The number of aromatic nitrogens is 1. The summed E-state index contributed by atoms with van der Waals surface area (Å²) in [5.74, 6) is 1.10. The number of halogens is 1. The van der Waals surface area contributed by atoms with E-state index in [-0.39, 0.29) is 6.03 Å². The number of ether oxygens (including phenoxy) is 1. The number of methoxy groups -OCH3 is 1. The number of anilines is 4. The fourth-order valence-electron chi connectivity index (χ4n) is 2.28. The molecular formula is C19H17ClN4O2. The predicted molar refractivity (Wildman–Crippen MR) is 105 cm³/mol. The van der Waals surface area contributed by atoms with Crippen molar-refractivity contribution < 1.29 is 9.53 Å². The van der Waals surface area contributed by atoms with E-state index in [2.05, 4.69) is 20.9 Å². The van der Waals surface area contributed by atoms with Gasteiger partial charge in [0.25, 0.3) is 0 Å². The first kappa shape index (κ1) is 17.6. The van der Waals surface area contributed by atoms with E-state index in [4.69, 9.17) is 16.3 Å². The third-order valence-corrected chi connectivity index (χ3v) is 3.71. The maximum atomic E-state index is 12.0. The zero-order chi connectivity index (χ0) is 18.4. The van der Waals surface area contributed by atoms with Crippen LogP contribution < -0.4 is 20.7 Å². The molecule has 0 saturated heterocycles. The number of nitrogens with zero attached hydrogens (tertiary/aromatic N) is 1. The van der Waals surface area contributed by atoms with Gasteiger partial charge in [-0.15, -0.1) is 0 Å². The van der Waals surface area contributed by atoms with Gasteiger partial charge in [0.15, 0.2) is 0 Å². The number of pyridine rings is 1. The number of carbonyl (C=O) groups excluding carboxylic acids is 1. The second-order valence-corrected chi connectivity index (χ2v) is 5.78. The predicted octanol–water partition coefficient (Wildman–Crippen LogP) is 5.13. The highest BCUT2D eigenvalue weighted by Crippen LogP contribution is 2.30. The highest BCUT2D eigenvalue weighted by atomic mass is 35.5. The normalized spacial score (nSPS) is 10.1. The molecule has 0 spiro atoms. The molecule has 7 heteroatoms. The average molecular weight is 369 g/mol. The number of nitrogens with one attached hydrogen (secondary N) is 3. The molecule has 0 saturated carbocycles. The molecule has 0 radical (unpaired) electrons. The molecule has 6 nitrogen and oxygen atoms in total. The zero-order valence-corrected chi connectivity index (χ0v) is 14.7. The molecule has 0 aliphatic rings. The molecule has 3 rings (SSSR count). The van der Waals surface area contributed by atoms with E-state index in [1.165, 1.54) is 0 Å². The van der Waals surface area contributed by atoms with E-state index in [1.54, 1.807) is 55.8 Å². The van der Waals surface area contributed by atoms with Crippen LogP contribution in [-0.4, -0.2) is 18.1 Å². The maximum Gasteiger partial charge on any atom is 0.324 e. The molecule has 26 heavy (non-hydrogen) atoms. The summed E-state index contributed by atoms with van der Waals surface area (Å²) >= 11 is 6.02. The smallest absolute Gasteiger partial charge is 0.324 e. The minimum atomic E-state index is -0.360. The van der Waals surface area contributed by atoms with Crippen molar-refractivity contribution in [3.63, 3.8) is 0 Å². The highest BCUT2D eigenvalue weighted by molar-refractivity contribution is 6.31. The van der Waals surface area contributed by atoms with Crippen LogP contribution in [0.15, 0.2) is 66.9 Å². The Kier molecular flexibility index (Phi) is 5.56. The van der Waals surface area contributed by atoms with Crippen molar-refractivity contribution in [2.45, 2.75) is 0 Å². The summed E-state index contributed by atoms with van der Waals surface area (Å²) in [7, 11) is 1.59. The van der Waals surface area contributed by atoms with Crippen LogP contribution in [0.3, 0.4) is 0 Å². The third kappa shape index (κ3) is 4.64. The van der Waals surface area contributed by atoms with E-state index in [0.29, 0.717) is 22.3 Å². The molecule has 1 aromatic heterocycles. The van der Waals surface area contributed by atoms with Gasteiger partial charge in [-0.3, -0.25) is 5.32 Å². The van der Waals surface area contributed by atoms with Crippen molar-refractivity contribution >= 4 is 40.5 Å². The largest absolute Gasteiger partial charge is 0.495 e. The van der Waals surface area contributed by atoms with E-state index < -0.39 is 0 Å². The first-order chi connectivity index (χ1) is 12.6. The lowest BCUT2D eigenvalue weighted by atomic mass is 10.2. The quantitative estimate of drug-likeness (QED) is 0.583. The summed E-state index contributed by atoms with van der Waals surface area (Å²) in [6, 6.07) is 17.6. The molecular weight excluding hydrogens is 352 g/mol. The minimum absolute atomic E-state index is 0.360. The van der Waals surface area contributed by atoms with Crippen LogP contribution in [0.1, 0.15) is 0 Å². The Bertz CT molecular complexity index is 886. The number of rotatable bonds is 5. The number of amides is 2. The minimum Gasteiger partial charge on any atom is -0.495 e. The van der Waals surface area contributed by atoms with Crippen LogP contribution in [0.4, 0.5) is 27.7 Å². The van der Waals surface area contributed by atoms with Crippen molar-refractivity contribution in [2.24, 2.45) is 0 Å². The first-order valence-corrected chi connectivity index (χ1v) is 8.21. The Balaban J connectivity index is 1.63. The van der Waals surface area contributed by atoms with Crippen LogP contribution >= 0.6 is 11.6 Å². The van der Waals surface area contributed by atoms with E-state index in [1.807, 2.05) is 18.2 Å². The van der Waals surface area contributed by atoms with E-state index >= 15 is 0 Å². The molecule has 132 valence electrons. The van der Waals surface area contributed by atoms with Crippen molar-refractivity contribution in [1.29, 1.82) is 0 Å². The Labute approximate surface area is 156 Å². The van der Waals surface area contributed by atoms with Crippen LogP contribution in [0.25, 0.3) is 0 Å². The summed E-state index contributed by atoms with van der Waals surface area (Å²) in [5, 5.41) is 9.19. The Hall–Kier alpha value is -3.25. The van der Waals surface area contributed by atoms with Crippen LogP contribution in [0.5, 0.6) is 5.75 Å². The standard InChI is InChI=1S/C19H17ClN4O2/c1-26-17-9-7-13(20)11-16(17)22-15-8-10-18(21-12-15)24-19(25)23-14-5-3-2-4-6-14/h2-12,22H,1H3,(H2,21,23,24,25). The second-order valence-electron chi connectivity index (χ2n) is 5.35. The number of hydrogen-bond acceptors (Lipinski definition) is 4. The van der Waals surface area contributed by atoms with Crippen molar-refractivity contribution in [3.8, 4) is 5.75 Å². The third-order valence-electron chi connectivity index (χ3n) is 3.48. The van der Waals surface area contributed by atoms with Crippen LogP contribution in [0.2, 0.25) is 5.02 Å². The zero-order valence-electron chi connectivity index (χ0n) is 14.0. The van der Waals surface area contributed by atoms with Gasteiger partial charge in [-0.2, -0.15) is 0 Å². The van der Waals surface area contributed by atoms with Gasteiger partial charge < -0.3 is 15.4 Å². The Morgan fingerprint density at radius 1 is 1.00 bits per heavy atom. The summed E-state index contributed by atoms with van der Waals surface area (Å²) < 4.78 is 5.30. The summed E-state index contributed by atoms with van der Waals surface area (Å²) in [6.45, 7) is 0. The lowest BCUT2D eigenvalue weighted by molar-refractivity contribution is 0.262. The topological polar surface area (TPSA) is 75.3 Å². The summed E-state index contributed by atoms with van der Waals surface area (Å²) in [4.78, 5) is 16.2. The van der Waals surface area contributed by atoms with Gasteiger partial charge in [0, 0.05) is 10.7 Å². The number of carbonyl (C=O) groups is 1.